The first-order valence-corrected chi connectivity index (χ1v) is 10.3. The molecule has 2 aromatic rings. The minimum absolute atomic E-state index is 0.0475. The number of piperidine rings is 1. The molecule has 1 aliphatic heterocycles. The van der Waals surface area contributed by atoms with Gasteiger partial charge >= 0.3 is 0 Å². The van der Waals surface area contributed by atoms with Crippen molar-refractivity contribution >= 4 is 38.6 Å². The van der Waals surface area contributed by atoms with E-state index in [1.165, 1.54) is 0 Å². The Morgan fingerprint density at radius 2 is 2.04 bits per heavy atom. The first-order valence-electron chi connectivity index (χ1n) is 9.53. The molecule has 0 spiro atoms. The predicted octanol–water partition coefficient (Wildman–Crippen LogP) is 3.16. The third-order valence-corrected chi connectivity index (χ3v) is 6.41. The van der Waals surface area contributed by atoms with Gasteiger partial charge in [0.15, 0.2) is 0 Å². The van der Waals surface area contributed by atoms with Crippen molar-refractivity contribution in [2.75, 3.05) is 13.1 Å². The fraction of sp³-hybridized carbons (Fsp3) is 0.500. The summed E-state index contributed by atoms with van der Waals surface area (Å²) in [5, 5.41) is 3.98. The van der Waals surface area contributed by atoms with E-state index in [1.54, 1.807) is 18.5 Å². The van der Waals surface area contributed by atoms with Crippen LogP contribution in [0, 0.1) is 11.8 Å². The zero-order valence-electron chi connectivity index (χ0n) is 15.3. The number of hydrogen-bond acceptors (Lipinski definition) is 4. The van der Waals surface area contributed by atoms with Crippen molar-refractivity contribution in [3.05, 3.63) is 34.7 Å². The topological polar surface area (TPSA) is 75.2 Å². The minimum Gasteiger partial charge on any atom is -0.346 e. The summed E-state index contributed by atoms with van der Waals surface area (Å²) in [6.45, 7) is 3.51. The van der Waals surface area contributed by atoms with Crippen molar-refractivity contribution in [3.63, 3.8) is 0 Å². The van der Waals surface area contributed by atoms with Crippen molar-refractivity contribution in [2.24, 2.45) is 11.8 Å². The number of carbonyl (C=O) groups excluding carboxylic acids is 2. The van der Waals surface area contributed by atoms with E-state index < -0.39 is 0 Å². The van der Waals surface area contributed by atoms with Gasteiger partial charge in [-0.05, 0) is 53.2 Å². The third kappa shape index (κ3) is 3.70. The van der Waals surface area contributed by atoms with Gasteiger partial charge in [0.05, 0.1) is 9.99 Å². The second-order valence-electron chi connectivity index (χ2n) is 7.65. The van der Waals surface area contributed by atoms with Gasteiger partial charge in [-0.3, -0.25) is 14.6 Å². The quantitative estimate of drug-likeness (QED) is 0.810. The van der Waals surface area contributed by atoms with Crippen LogP contribution >= 0.6 is 15.9 Å². The van der Waals surface area contributed by atoms with Gasteiger partial charge in [0.1, 0.15) is 5.69 Å². The molecule has 0 aromatic carbocycles. The molecule has 3 heterocycles. The summed E-state index contributed by atoms with van der Waals surface area (Å²) in [5.41, 5.74) is 1.10. The standard InChI is InChI=1S/C20H23BrN4O2/c1-12-7-8-25(20(27)13-3-2-4-13)11-17(12)24-19(26)16-6-5-14-9-22-10-15(21)18(14)23-16/h5-6,9-10,12-13,17H,2-4,7-8,11H2,1H3,(H,24,26). The molecule has 2 atom stereocenters. The Morgan fingerprint density at radius 1 is 1.22 bits per heavy atom. The first-order chi connectivity index (χ1) is 13.0. The highest BCUT2D eigenvalue weighted by atomic mass is 79.9. The Labute approximate surface area is 166 Å². The number of likely N-dealkylation sites (tertiary alicyclic amines) is 1. The number of carbonyl (C=O) groups is 2. The highest BCUT2D eigenvalue weighted by Gasteiger charge is 2.35. The van der Waals surface area contributed by atoms with E-state index in [1.807, 2.05) is 11.0 Å². The molecule has 142 valence electrons. The summed E-state index contributed by atoms with van der Waals surface area (Å²) >= 11 is 3.44. The Morgan fingerprint density at radius 3 is 2.78 bits per heavy atom. The van der Waals surface area contributed by atoms with E-state index in [2.05, 4.69) is 38.1 Å². The SMILES string of the molecule is CC1CCN(C(=O)C2CCC2)CC1NC(=O)c1ccc2cncc(Br)c2n1. The Kier molecular flexibility index (Phi) is 5.12. The maximum Gasteiger partial charge on any atom is 0.270 e. The molecule has 6 nitrogen and oxygen atoms in total. The molecule has 7 heteroatoms. The molecule has 1 saturated carbocycles. The molecule has 27 heavy (non-hydrogen) atoms. The van der Waals surface area contributed by atoms with Crippen LogP contribution in [0.3, 0.4) is 0 Å². The van der Waals surface area contributed by atoms with Crippen LogP contribution in [0.5, 0.6) is 0 Å². The van der Waals surface area contributed by atoms with E-state index in [4.69, 9.17) is 0 Å². The smallest absolute Gasteiger partial charge is 0.270 e. The largest absolute Gasteiger partial charge is 0.346 e. The van der Waals surface area contributed by atoms with Gasteiger partial charge < -0.3 is 10.2 Å². The molecule has 2 amide bonds. The van der Waals surface area contributed by atoms with Gasteiger partial charge in [-0.2, -0.15) is 0 Å². The number of aromatic nitrogens is 2. The maximum atomic E-state index is 12.8. The van der Waals surface area contributed by atoms with Crippen molar-refractivity contribution < 1.29 is 9.59 Å². The minimum atomic E-state index is -0.199. The van der Waals surface area contributed by atoms with Crippen molar-refractivity contribution in [1.82, 2.24) is 20.2 Å². The summed E-state index contributed by atoms with van der Waals surface area (Å²) in [7, 11) is 0. The molecule has 1 aliphatic carbocycles. The van der Waals surface area contributed by atoms with E-state index in [9.17, 15) is 9.59 Å². The normalized spacial score (nSPS) is 23.1. The average Bonchev–Trinajstić information content (AvgIpc) is 2.62. The lowest BCUT2D eigenvalue weighted by Gasteiger charge is -2.40. The fourth-order valence-corrected chi connectivity index (χ4v) is 4.18. The number of nitrogens with zero attached hydrogens (tertiary/aromatic N) is 3. The van der Waals surface area contributed by atoms with Crippen molar-refractivity contribution in [3.8, 4) is 0 Å². The van der Waals surface area contributed by atoms with Gasteiger partial charge in [-0.15, -0.1) is 0 Å². The maximum absolute atomic E-state index is 12.8. The average molecular weight is 431 g/mol. The monoisotopic (exact) mass is 430 g/mol. The summed E-state index contributed by atoms with van der Waals surface area (Å²) < 4.78 is 0.762. The third-order valence-electron chi connectivity index (χ3n) is 5.83. The summed E-state index contributed by atoms with van der Waals surface area (Å²) in [6.07, 6.45) is 7.47. The van der Waals surface area contributed by atoms with E-state index in [0.29, 0.717) is 18.2 Å². The Balaban J connectivity index is 1.47. The second kappa shape index (κ2) is 7.54. The molecule has 2 aromatic heterocycles. The molecule has 2 aliphatic rings. The lowest BCUT2D eigenvalue weighted by molar-refractivity contribution is -0.140. The molecule has 0 bridgehead atoms. The molecular formula is C20H23BrN4O2. The van der Waals surface area contributed by atoms with Crippen LogP contribution in [0.2, 0.25) is 0 Å². The lowest BCUT2D eigenvalue weighted by atomic mass is 9.83. The number of fused-ring (bicyclic) bond motifs is 1. The van der Waals surface area contributed by atoms with Gasteiger partial charge in [-0.25, -0.2) is 4.98 Å². The summed E-state index contributed by atoms with van der Waals surface area (Å²) in [6, 6.07) is 3.52. The second-order valence-corrected chi connectivity index (χ2v) is 8.50. The molecular weight excluding hydrogens is 408 g/mol. The summed E-state index contributed by atoms with van der Waals surface area (Å²) in [5.74, 6) is 0.585. The van der Waals surface area contributed by atoms with Crippen LogP contribution in [-0.4, -0.2) is 45.8 Å². The number of pyridine rings is 2. The van der Waals surface area contributed by atoms with Crippen molar-refractivity contribution in [1.29, 1.82) is 0 Å². The van der Waals surface area contributed by atoms with E-state index >= 15 is 0 Å². The number of hydrogen-bond donors (Lipinski definition) is 1. The zero-order valence-corrected chi connectivity index (χ0v) is 16.9. The molecule has 2 unspecified atom stereocenters. The fourth-order valence-electron chi connectivity index (χ4n) is 3.75. The van der Waals surface area contributed by atoms with Crippen LogP contribution in [0.25, 0.3) is 10.9 Å². The zero-order chi connectivity index (χ0) is 19.0. The lowest BCUT2D eigenvalue weighted by Crippen LogP contribution is -2.55. The van der Waals surface area contributed by atoms with Crippen LogP contribution in [0.15, 0.2) is 29.0 Å². The number of amides is 2. The van der Waals surface area contributed by atoms with Gasteiger partial charge in [0, 0.05) is 42.8 Å². The molecule has 1 N–H and O–H groups in total. The molecule has 4 rings (SSSR count). The Hall–Kier alpha value is -2.02. The number of rotatable bonds is 3. The highest BCUT2D eigenvalue weighted by molar-refractivity contribution is 9.10. The summed E-state index contributed by atoms with van der Waals surface area (Å²) in [4.78, 5) is 35.9. The van der Waals surface area contributed by atoms with Crippen LogP contribution in [0.4, 0.5) is 0 Å². The van der Waals surface area contributed by atoms with E-state index in [-0.39, 0.29) is 23.8 Å². The van der Waals surface area contributed by atoms with Gasteiger partial charge in [0.2, 0.25) is 5.91 Å². The molecule has 0 radical (unpaired) electrons. The van der Waals surface area contributed by atoms with Crippen LogP contribution in [0.1, 0.15) is 43.1 Å². The first kappa shape index (κ1) is 18.3. The molecule has 2 fully saturated rings. The Bertz CT molecular complexity index is 883. The van der Waals surface area contributed by atoms with Gasteiger partial charge in [-0.1, -0.05) is 13.3 Å². The van der Waals surface area contributed by atoms with E-state index in [0.717, 1.165) is 47.6 Å². The van der Waals surface area contributed by atoms with Crippen molar-refractivity contribution in [2.45, 2.75) is 38.6 Å². The van der Waals surface area contributed by atoms with Crippen LogP contribution < -0.4 is 5.32 Å². The van der Waals surface area contributed by atoms with Gasteiger partial charge in [0.25, 0.3) is 5.91 Å². The highest BCUT2D eigenvalue weighted by Crippen LogP contribution is 2.30. The number of halogens is 1. The number of nitrogens with one attached hydrogen (secondary N) is 1. The molecule has 1 saturated heterocycles. The van der Waals surface area contributed by atoms with Crippen LogP contribution in [-0.2, 0) is 4.79 Å². The predicted molar refractivity (Wildman–Crippen MR) is 106 cm³/mol.